The minimum Gasteiger partial charge on any atom is -0.508 e. The first-order valence-electron chi connectivity index (χ1n) is 20.7. The van der Waals surface area contributed by atoms with Gasteiger partial charge < -0.3 is 14.7 Å². The number of likely N-dealkylation sites (tertiary alicyclic amines) is 1. The monoisotopic (exact) mass is 778 g/mol. The first kappa shape index (κ1) is 36.5. The summed E-state index contributed by atoms with van der Waals surface area (Å²) in [5.41, 5.74) is 7.68. The second-order valence-corrected chi connectivity index (χ2v) is 17.0. The van der Waals surface area contributed by atoms with Crippen LogP contribution in [0.15, 0.2) is 84.9 Å². The zero-order valence-corrected chi connectivity index (χ0v) is 32.3. The Morgan fingerprint density at radius 2 is 1.41 bits per heavy atom. The first-order valence-corrected chi connectivity index (χ1v) is 20.7. The Labute approximate surface area is 337 Å². The molecule has 4 aromatic carbocycles. The van der Waals surface area contributed by atoms with Crippen molar-refractivity contribution in [3.63, 3.8) is 0 Å². The van der Waals surface area contributed by atoms with E-state index in [4.69, 9.17) is 4.74 Å². The van der Waals surface area contributed by atoms with E-state index in [0.717, 1.165) is 47.5 Å². The molecule has 2 N–H and O–H groups in total. The van der Waals surface area contributed by atoms with Crippen molar-refractivity contribution in [2.45, 2.75) is 94.5 Å². The van der Waals surface area contributed by atoms with Crippen LogP contribution in [-0.4, -0.2) is 80.6 Å². The van der Waals surface area contributed by atoms with E-state index in [1.807, 2.05) is 23.1 Å². The number of phenols is 1. The molecule has 4 heterocycles. The fourth-order valence-corrected chi connectivity index (χ4v) is 10.4. The van der Waals surface area contributed by atoms with Crippen molar-refractivity contribution in [3.05, 3.63) is 129 Å². The van der Waals surface area contributed by atoms with Crippen molar-refractivity contribution in [1.82, 2.24) is 20.0 Å². The van der Waals surface area contributed by atoms with E-state index in [9.17, 15) is 29.1 Å². The van der Waals surface area contributed by atoms with Gasteiger partial charge in [-0.25, -0.2) is 0 Å². The van der Waals surface area contributed by atoms with E-state index in [-0.39, 0.29) is 42.7 Å². The molecule has 6 aliphatic rings. The Balaban J connectivity index is 0.716. The number of imide groups is 2. The lowest BCUT2D eigenvalue weighted by atomic mass is 9.69. The van der Waals surface area contributed by atoms with E-state index in [0.29, 0.717) is 61.8 Å². The fourth-order valence-electron chi connectivity index (χ4n) is 10.4. The number of nitrogens with zero attached hydrogens (tertiary/aromatic N) is 3. The van der Waals surface area contributed by atoms with Gasteiger partial charge in [-0.1, -0.05) is 48.5 Å². The second-order valence-electron chi connectivity index (χ2n) is 17.0. The van der Waals surface area contributed by atoms with E-state index in [1.165, 1.54) is 22.3 Å². The highest BCUT2D eigenvalue weighted by Crippen LogP contribution is 2.47. The number of carbonyl (C=O) groups is 5. The van der Waals surface area contributed by atoms with Gasteiger partial charge in [0.05, 0.1) is 11.1 Å². The molecule has 2 saturated heterocycles. The highest BCUT2D eigenvalue weighted by Gasteiger charge is 2.46. The van der Waals surface area contributed by atoms with Crippen LogP contribution in [0.3, 0.4) is 0 Å². The van der Waals surface area contributed by atoms with E-state index in [1.54, 1.807) is 6.07 Å². The molecule has 0 bridgehead atoms. The molecule has 11 nitrogen and oxygen atoms in total. The van der Waals surface area contributed by atoms with Crippen molar-refractivity contribution in [1.29, 1.82) is 0 Å². The number of rotatable bonds is 7. The standard InChI is InChI=1S/C47H46N4O7/c52-34-9-13-38-29(20-34)8-12-37(27-4-2-1-3-5-27)43(38)28-6-10-35(11-7-28)58-36-21-30(22-36)45(55)49-18-16-33(17-19-49)50-25-31-23-39-40(24-32(31)26-50)47(57)51(46(39)56)41-14-15-42(53)48-44(41)54/h1-7,9-11,13,20,23-24,30,33,36-37,41,43,52H,8,12,14-19,21-22,25-26H2,(H,48,53,54)/t30?,36?,37-,41?,43+/m1/s1. The van der Waals surface area contributed by atoms with Crippen molar-refractivity contribution < 1.29 is 33.8 Å². The smallest absolute Gasteiger partial charge is 0.262 e. The van der Waals surface area contributed by atoms with Gasteiger partial charge in [0.15, 0.2) is 0 Å². The summed E-state index contributed by atoms with van der Waals surface area (Å²) in [6, 6.07) is 27.9. The highest BCUT2D eigenvalue weighted by atomic mass is 16.5. The molecular weight excluding hydrogens is 733 g/mol. The Morgan fingerprint density at radius 1 is 0.724 bits per heavy atom. The Kier molecular flexibility index (Phi) is 9.15. The molecule has 3 fully saturated rings. The van der Waals surface area contributed by atoms with Crippen LogP contribution in [0, 0.1) is 5.92 Å². The number of aryl methyl sites for hydroxylation is 1. The summed E-state index contributed by atoms with van der Waals surface area (Å²) in [5, 5.41) is 12.4. The molecule has 2 aliphatic carbocycles. The van der Waals surface area contributed by atoms with E-state index in [2.05, 4.69) is 70.9 Å². The molecule has 4 aliphatic heterocycles. The van der Waals surface area contributed by atoms with Crippen LogP contribution in [0.5, 0.6) is 11.5 Å². The van der Waals surface area contributed by atoms with Crippen LogP contribution in [0.2, 0.25) is 0 Å². The van der Waals surface area contributed by atoms with Gasteiger partial charge in [-0.2, -0.15) is 0 Å². The Bertz CT molecular complexity index is 2290. The molecule has 1 saturated carbocycles. The third kappa shape index (κ3) is 6.45. The number of fused-ring (bicyclic) bond motifs is 3. The largest absolute Gasteiger partial charge is 0.508 e. The van der Waals surface area contributed by atoms with Gasteiger partial charge in [0.1, 0.15) is 23.6 Å². The molecule has 11 heteroatoms. The predicted octanol–water partition coefficient (Wildman–Crippen LogP) is 5.82. The molecule has 0 spiro atoms. The minimum atomic E-state index is -0.974. The maximum absolute atomic E-state index is 13.6. The molecule has 4 aromatic rings. The summed E-state index contributed by atoms with van der Waals surface area (Å²) in [7, 11) is 0. The number of carbonyl (C=O) groups excluding carboxylic acids is 5. The van der Waals surface area contributed by atoms with Crippen LogP contribution in [0.1, 0.15) is 111 Å². The quantitative estimate of drug-likeness (QED) is 0.224. The first-order chi connectivity index (χ1) is 28.2. The summed E-state index contributed by atoms with van der Waals surface area (Å²) >= 11 is 0. The third-order valence-electron chi connectivity index (χ3n) is 13.6. The average molecular weight is 779 g/mol. The number of piperidine rings is 2. The summed E-state index contributed by atoms with van der Waals surface area (Å²) in [4.78, 5) is 69.8. The minimum absolute atomic E-state index is 0.00683. The molecule has 296 valence electrons. The van der Waals surface area contributed by atoms with Gasteiger partial charge in [-0.3, -0.25) is 39.1 Å². The molecular formula is C47H46N4O7. The van der Waals surface area contributed by atoms with Gasteiger partial charge in [0.25, 0.3) is 11.8 Å². The van der Waals surface area contributed by atoms with Gasteiger partial charge in [0, 0.05) is 50.5 Å². The van der Waals surface area contributed by atoms with E-state index >= 15 is 0 Å². The van der Waals surface area contributed by atoms with Gasteiger partial charge in [0.2, 0.25) is 17.7 Å². The number of benzene rings is 4. The molecule has 58 heavy (non-hydrogen) atoms. The Hall–Kier alpha value is -5.81. The number of ether oxygens (including phenoxy) is 1. The molecule has 10 rings (SSSR count). The zero-order chi connectivity index (χ0) is 39.7. The topological polar surface area (TPSA) is 137 Å². The maximum atomic E-state index is 13.6. The van der Waals surface area contributed by atoms with Crippen LogP contribution in [0.25, 0.3) is 0 Å². The lowest BCUT2D eigenvalue weighted by molar-refractivity contribution is -0.143. The number of amides is 5. The lowest BCUT2D eigenvalue weighted by Crippen LogP contribution is -2.54. The number of hydrogen-bond donors (Lipinski definition) is 2. The van der Waals surface area contributed by atoms with E-state index < -0.39 is 29.7 Å². The highest BCUT2D eigenvalue weighted by molar-refractivity contribution is 6.23. The fraction of sp³-hybridized carbons (Fsp3) is 0.383. The number of aromatic hydroxyl groups is 1. The average Bonchev–Trinajstić information content (AvgIpc) is 3.75. The van der Waals surface area contributed by atoms with Gasteiger partial charge in [-0.05, 0) is 121 Å². The summed E-state index contributed by atoms with van der Waals surface area (Å²) in [5.74, 6) is -0.151. The molecule has 5 amide bonds. The number of hydrogen-bond acceptors (Lipinski definition) is 8. The number of phenolic OH excluding ortho intramolecular Hbond substituents is 1. The van der Waals surface area contributed by atoms with Gasteiger partial charge >= 0.3 is 0 Å². The molecule has 3 atom stereocenters. The van der Waals surface area contributed by atoms with Crippen LogP contribution in [-0.2, 0) is 33.9 Å². The van der Waals surface area contributed by atoms with Crippen molar-refractivity contribution in [2.24, 2.45) is 5.92 Å². The molecule has 0 aromatic heterocycles. The lowest BCUT2D eigenvalue weighted by Gasteiger charge is -2.41. The molecule has 0 radical (unpaired) electrons. The SMILES string of the molecule is O=C1CCC(N2C(=O)c3cc4c(cc3C2=O)CN(C2CCN(C(=O)C3CC(Oc5ccc([C@@H]6c7ccc(O)cc7CC[C@@H]6c6ccccc6)cc5)C3)CC2)C4)C(=O)N1. The second kappa shape index (κ2) is 14.5. The summed E-state index contributed by atoms with van der Waals surface area (Å²) < 4.78 is 6.37. The van der Waals surface area contributed by atoms with Crippen molar-refractivity contribution in [3.8, 4) is 11.5 Å². The summed E-state index contributed by atoms with van der Waals surface area (Å²) in [6.45, 7) is 2.72. The normalized spacial score (nSPS) is 25.8. The van der Waals surface area contributed by atoms with Crippen molar-refractivity contribution >= 4 is 29.5 Å². The van der Waals surface area contributed by atoms with Crippen LogP contribution in [0.4, 0.5) is 0 Å². The maximum Gasteiger partial charge on any atom is 0.262 e. The molecule has 1 unspecified atom stereocenters. The number of nitrogens with one attached hydrogen (secondary N) is 1. The van der Waals surface area contributed by atoms with Gasteiger partial charge in [-0.15, -0.1) is 0 Å². The third-order valence-corrected chi connectivity index (χ3v) is 13.6. The van der Waals surface area contributed by atoms with Crippen LogP contribution < -0.4 is 10.1 Å². The Morgan fingerprint density at radius 3 is 2.09 bits per heavy atom. The predicted molar refractivity (Wildman–Crippen MR) is 213 cm³/mol. The van der Waals surface area contributed by atoms with Crippen LogP contribution >= 0.6 is 0 Å². The van der Waals surface area contributed by atoms with Crippen molar-refractivity contribution in [2.75, 3.05) is 13.1 Å². The zero-order valence-electron chi connectivity index (χ0n) is 32.3. The summed E-state index contributed by atoms with van der Waals surface area (Å²) in [6.07, 6.45) is 5.31.